The normalized spacial score (nSPS) is 18.2. The number of piperidine rings is 1. The SMILES string of the molecule is O=C(NCCN1CCCCC1)c1ccc(CN2CCN(c3cccc(Cl)c3)CC2)cc1. The first kappa shape index (κ1) is 22.1. The molecule has 0 unspecified atom stereocenters. The third-order valence-electron chi connectivity index (χ3n) is 6.33. The van der Waals surface area contributed by atoms with Crippen LogP contribution in [0.2, 0.25) is 5.02 Å². The van der Waals surface area contributed by atoms with E-state index in [2.05, 4.69) is 38.2 Å². The van der Waals surface area contributed by atoms with Gasteiger partial charge < -0.3 is 15.1 Å². The first-order chi connectivity index (χ1) is 15.2. The lowest BCUT2D eigenvalue weighted by Crippen LogP contribution is -2.45. The van der Waals surface area contributed by atoms with Crippen LogP contribution in [0, 0.1) is 0 Å². The zero-order valence-electron chi connectivity index (χ0n) is 18.2. The van der Waals surface area contributed by atoms with Gasteiger partial charge in [0.05, 0.1) is 0 Å². The summed E-state index contributed by atoms with van der Waals surface area (Å²) in [5.74, 6) is 0.0266. The molecule has 5 nitrogen and oxygen atoms in total. The largest absolute Gasteiger partial charge is 0.369 e. The van der Waals surface area contributed by atoms with Crippen LogP contribution in [0.4, 0.5) is 5.69 Å². The summed E-state index contributed by atoms with van der Waals surface area (Å²) in [6.45, 7) is 8.95. The van der Waals surface area contributed by atoms with Crippen LogP contribution in [-0.4, -0.2) is 68.1 Å². The van der Waals surface area contributed by atoms with E-state index in [1.54, 1.807) is 0 Å². The van der Waals surface area contributed by atoms with Crippen molar-refractivity contribution < 1.29 is 4.79 Å². The molecule has 1 N–H and O–H groups in total. The molecule has 2 aromatic rings. The highest BCUT2D eigenvalue weighted by molar-refractivity contribution is 6.30. The first-order valence-electron chi connectivity index (χ1n) is 11.5. The highest BCUT2D eigenvalue weighted by Crippen LogP contribution is 2.21. The predicted molar refractivity (Wildman–Crippen MR) is 128 cm³/mol. The summed E-state index contributed by atoms with van der Waals surface area (Å²) >= 11 is 6.13. The van der Waals surface area contributed by atoms with Gasteiger partial charge in [-0.2, -0.15) is 0 Å². The Morgan fingerprint density at radius 3 is 2.32 bits per heavy atom. The quantitative estimate of drug-likeness (QED) is 0.709. The number of hydrogen-bond donors (Lipinski definition) is 1. The third-order valence-corrected chi connectivity index (χ3v) is 6.57. The Morgan fingerprint density at radius 2 is 1.61 bits per heavy atom. The number of hydrogen-bond acceptors (Lipinski definition) is 4. The molecule has 0 aliphatic carbocycles. The second-order valence-corrected chi connectivity index (χ2v) is 9.03. The van der Waals surface area contributed by atoms with Crippen LogP contribution >= 0.6 is 11.6 Å². The van der Waals surface area contributed by atoms with Crippen molar-refractivity contribution in [2.24, 2.45) is 0 Å². The minimum Gasteiger partial charge on any atom is -0.369 e. The van der Waals surface area contributed by atoms with Crippen molar-refractivity contribution in [2.75, 3.05) is 57.3 Å². The number of benzene rings is 2. The Kier molecular flexibility index (Phi) is 7.84. The standard InChI is InChI=1S/C25H33ClN4O/c26-23-5-4-6-24(19-23)30-17-15-29(16-18-30)20-21-7-9-22(10-8-21)25(31)27-11-14-28-12-2-1-3-13-28/h4-10,19H,1-3,11-18,20H2,(H,27,31). The molecule has 1 amide bonds. The van der Waals surface area contributed by atoms with E-state index in [-0.39, 0.29) is 5.91 Å². The second kappa shape index (κ2) is 11.0. The Morgan fingerprint density at radius 1 is 0.871 bits per heavy atom. The monoisotopic (exact) mass is 440 g/mol. The number of piperazine rings is 1. The van der Waals surface area contributed by atoms with E-state index in [9.17, 15) is 4.79 Å². The summed E-state index contributed by atoms with van der Waals surface area (Å²) in [6, 6.07) is 16.2. The molecule has 0 radical (unpaired) electrons. The zero-order valence-corrected chi connectivity index (χ0v) is 19.0. The van der Waals surface area contributed by atoms with Crippen LogP contribution in [0.1, 0.15) is 35.2 Å². The molecule has 166 valence electrons. The topological polar surface area (TPSA) is 38.8 Å². The van der Waals surface area contributed by atoms with Crippen molar-refractivity contribution in [2.45, 2.75) is 25.8 Å². The molecule has 2 aliphatic rings. The Labute approximate surface area is 191 Å². The fourth-order valence-corrected chi connectivity index (χ4v) is 4.65. The van der Waals surface area contributed by atoms with Gasteiger partial charge >= 0.3 is 0 Å². The fraction of sp³-hybridized carbons (Fsp3) is 0.480. The highest BCUT2D eigenvalue weighted by atomic mass is 35.5. The maximum atomic E-state index is 12.4. The number of carbonyl (C=O) groups excluding carboxylic acids is 1. The van der Waals surface area contributed by atoms with Gasteiger partial charge in [0.2, 0.25) is 0 Å². The van der Waals surface area contributed by atoms with Crippen molar-refractivity contribution in [3.05, 3.63) is 64.7 Å². The Hall–Kier alpha value is -2.08. The molecule has 0 aromatic heterocycles. The van der Waals surface area contributed by atoms with Gasteiger partial charge in [-0.1, -0.05) is 36.2 Å². The average molecular weight is 441 g/mol. The lowest BCUT2D eigenvalue weighted by atomic mass is 10.1. The highest BCUT2D eigenvalue weighted by Gasteiger charge is 2.18. The molecule has 2 aromatic carbocycles. The van der Waals surface area contributed by atoms with E-state index >= 15 is 0 Å². The smallest absolute Gasteiger partial charge is 0.251 e. The molecular formula is C25H33ClN4O. The van der Waals surface area contributed by atoms with Gasteiger partial charge in [0.1, 0.15) is 0 Å². The molecule has 2 aliphatic heterocycles. The van der Waals surface area contributed by atoms with Crippen LogP contribution in [0.5, 0.6) is 0 Å². The number of halogens is 1. The van der Waals surface area contributed by atoms with Crippen molar-refractivity contribution in [3.8, 4) is 0 Å². The summed E-state index contributed by atoms with van der Waals surface area (Å²) < 4.78 is 0. The van der Waals surface area contributed by atoms with Gasteiger partial charge in [-0.25, -0.2) is 0 Å². The molecule has 31 heavy (non-hydrogen) atoms. The van der Waals surface area contributed by atoms with Gasteiger partial charge in [-0.15, -0.1) is 0 Å². The number of rotatable bonds is 7. The molecule has 0 spiro atoms. The minimum absolute atomic E-state index is 0.0266. The lowest BCUT2D eigenvalue weighted by Gasteiger charge is -2.36. The van der Waals surface area contributed by atoms with Crippen molar-refractivity contribution in [1.82, 2.24) is 15.1 Å². The summed E-state index contributed by atoms with van der Waals surface area (Å²) in [7, 11) is 0. The number of amides is 1. The minimum atomic E-state index is 0.0266. The van der Waals surface area contributed by atoms with E-state index in [4.69, 9.17) is 11.6 Å². The lowest BCUT2D eigenvalue weighted by molar-refractivity contribution is 0.0946. The van der Waals surface area contributed by atoms with E-state index in [1.165, 1.54) is 30.5 Å². The van der Waals surface area contributed by atoms with E-state index in [0.717, 1.165) is 69.5 Å². The second-order valence-electron chi connectivity index (χ2n) is 8.60. The average Bonchev–Trinajstić information content (AvgIpc) is 2.81. The Balaban J connectivity index is 1.20. The van der Waals surface area contributed by atoms with E-state index in [0.29, 0.717) is 0 Å². The summed E-state index contributed by atoms with van der Waals surface area (Å²) in [5, 5.41) is 3.85. The van der Waals surface area contributed by atoms with Gasteiger partial charge in [0, 0.05) is 62.1 Å². The number of nitrogens with zero attached hydrogens (tertiary/aromatic N) is 3. The molecule has 2 fully saturated rings. The number of nitrogens with one attached hydrogen (secondary N) is 1. The van der Waals surface area contributed by atoms with Gasteiger partial charge in [0.25, 0.3) is 5.91 Å². The molecular weight excluding hydrogens is 408 g/mol. The summed E-state index contributed by atoms with van der Waals surface area (Å²) in [5.41, 5.74) is 3.19. The van der Waals surface area contributed by atoms with E-state index < -0.39 is 0 Å². The molecule has 4 rings (SSSR count). The molecule has 0 atom stereocenters. The van der Waals surface area contributed by atoms with Gasteiger partial charge in [-0.05, 0) is 61.8 Å². The van der Waals surface area contributed by atoms with Crippen molar-refractivity contribution in [3.63, 3.8) is 0 Å². The fourth-order valence-electron chi connectivity index (χ4n) is 4.47. The van der Waals surface area contributed by atoms with Crippen LogP contribution in [0.15, 0.2) is 48.5 Å². The zero-order chi connectivity index (χ0) is 21.5. The van der Waals surface area contributed by atoms with Crippen molar-refractivity contribution >= 4 is 23.2 Å². The van der Waals surface area contributed by atoms with Crippen LogP contribution in [0.3, 0.4) is 0 Å². The number of anilines is 1. The molecule has 0 saturated carbocycles. The first-order valence-corrected chi connectivity index (χ1v) is 11.9. The number of carbonyl (C=O) groups is 1. The number of likely N-dealkylation sites (tertiary alicyclic amines) is 1. The molecule has 0 bridgehead atoms. The van der Waals surface area contributed by atoms with Gasteiger partial charge in [-0.3, -0.25) is 9.69 Å². The predicted octanol–water partition coefficient (Wildman–Crippen LogP) is 3.88. The Bertz CT molecular complexity index is 843. The maximum absolute atomic E-state index is 12.4. The molecule has 2 saturated heterocycles. The van der Waals surface area contributed by atoms with Gasteiger partial charge in [0.15, 0.2) is 0 Å². The van der Waals surface area contributed by atoms with Crippen LogP contribution < -0.4 is 10.2 Å². The third kappa shape index (κ3) is 6.45. The summed E-state index contributed by atoms with van der Waals surface area (Å²) in [4.78, 5) is 19.7. The maximum Gasteiger partial charge on any atom is 0.251 e. The molecule has 2 heterocycles. The van der Waals surface area contributed by atoms with E-state index in [1.807, 2.05) is 30.3 Å². The van der Waals surface area contributed by atoms with Crippen LogP contribution in [-0.2, 0) is 6.54 Å². The van der Waals surface area contributed by atoms with Crippen molar-refractivity contribution in [1.29, 1.82) is 0 Å². The van der Waals surface area contributed by atoms with Crippen LogP contribution in [0.25, 0.3) is 0 Å². The summed E-state index contributed by atoms with van der Waals surface area (Å²) in [6.07, 6.45) is 3.91. The molecule has 6 heteroatoms.